The van der Waals surface area contributed by atoms with Crippen LogP contribution in [0.25, 0.3) is 0 Å². The van der Waals surface area contributed by atoms with Crippen molar-refractivity contribution in [1.29, 1.82) is 0 Å². The van der Waals surface area contributed by atoms with Crippen molar-refractivity contribution in [2.75, 3.05) is 26.1 Å². The van der Waals surface area contributed by atoms with Crippen molar-refractivity contribution in [1.82, 2.24) is 10.2 Å². The van der Waals surface area contributed by atoms with Gasteiger partial charge in [0.15, 0.2) is 0 Å². The van der Waals surface area contributed by atoms with E-state index >= 15 is 0 Å². The fourth-order valence-corrected chi connectivity index (χ4v) is 4.18. The van der Waals surface area contributed by atoms with Crippen LogP contribution < -0.4 is 15.4 Å². The molecule has 1 aromatic carbocycles. The first kappa shape index (κ1) is 18.0. The number of fused-ring (bicyclic) bond motifs is 2. The predicted octanol–water partition coefficient (Wildman–Crippen LogP) is 3.11. The van der Waals surface area contributed by atoms with Gasteiger partial charge in [-0.2, -0.15) is 0 Å². The predicted molar refractivity (Wildman–Crippen MR) is 98.0 cm³/mol. The van der Waals surface area contributed by atoms with Gasteiger partial charge in [0, 0.05) is 31.6 Å². The standard InChI is InChI=1S/C19H29N3O3/c1-13-7-8-18(24-3)17(9-13)21-19(23)25-16-10-14-5-4-6-15(11-16)22(14)12-20-2/h7-9,14-16,20H,4-6,10-12H2,1-3H3,(H,21,23). The first-order valence-corrected chi connectivity index (χ1v) is 9.13. The Morgan fingerprint density at radius 3 is 2.64 bits per heavy atom. The van der Waals surface area contributed by atoms with Crippen molar-refractivity contribution in [2.24, 2.45) is 0 Å². The summed E-state index contributed by atoms with van der Waals surface area (Å²) < 4.78 is 11.1. The Labute approximate surface area is 149 Å². The van der Waals surface area contributed by atoms with Crippen molar-refractivity contribution in [3.05, 3.63) is 23.8 Å². The minimum Gasteiger partial charge on any atom is -0.495 e. The van der Waals surface area contributed by atoms with Crippen LogP contribution in [0, 0.1) is 6.92 Å². The average molecular weight is 347 g/mol. The van der Waals surface area contributed by atoms with Gasteiger partial charge in [0.2, 0.25) is 0 Å². The molecule has 2 aliphatic rings. The zero-order chi connectivity index (χ0) is 17.8. The topological polar surface area (TPSA) is 62.8 Å². The maximum absolute atomic E-state index is 12.4. The summed E-state index contributed by atoms with van der Waals surface area (Å²) in [6.45, 7) is 2.89. The molecular weight excluding hydrogens is 318 g/mol. The van der Waals surface area contributed by atoms with E-state index in [4.69, 9.17) is 9.47 Å². The van der Waals surface area contributed by atoms with Crippen LogP contribution in [0.15, 0.2) is 18.2 Å². The molecule has 0 aromatic heterocycles. The lowest BCUT2D eigenvalue weighted by Gasteiger charge is -2.48. The second kappa shape index (κ2) is 8.06. The number of nitrogens with one attached hydrogen (secondary N) is 2. The molecule has 0 saturated carbocycles. The number of anilines is 1. The maximum atomic E-state index is 12.4. The molecule has 2 heterocycles. The largest absolute Gasteiger partial charge is 0.495 e. The number of piperidine rings is 2. The van der Waals surface area contributed by atoms with Crippen LogP contribution in [0.3, 0.4) is 0 Å². The Morgan fingerprint density at radius 2 is 2.00 bits per heavy atom. The van der Waals surface area contributed by atoms with E-state index < -0.39 is 6.09 Å². The molecule has 6 nitrogen and oxygen atoms in total. The van der Waals surface area contributed by atoms with Crippen LogP contribution >= 0.6 is 0 Å². The average Bonchev–Trinajstić information content (AvgIpc) is 2.56. The number of methoxy groups -OCH3 is 1. The Morgan fingerprint density at radius 1 is 1.28 bits per heavy atom. The fourth-order valence-electron chi connectivity index (χ4n) is 4.18. The highest BCUT2D eigenvalue weighted by Gasteiger charge is 2.39. The second-order valence-electron chi connectivity index (χ2n) is 7.09. The van der Waals surface area contributed by atoms with Crippen LogP contribution in [-0.2, 0) is 4.74 Å². The number of hydrogen-bond acceptors (Lipinski definition) is 5. The van der Waals surface area contributed by atoms with Gasteiger partial charge in [0.25, 0.3) is 0 Å². The molecule has 2 saturated heterocycles. The molecule has 2 N–H and O–H groups in total. The lowest BCUT2D eigenvalue weighted by Crippen LogP contribution is -2.56. The van der Waals surface area contributed by atoms with E-state index in [1.165, 1.54) is 19.3 Å². The molecule has 2 atom stereocenters. The summed E-state index contributed by atoms with van der Waals surface area (Å²) in [5.41, 5.74) is 1.71. The third-order valence-electron chi connectivity index (χ3n) is 5.29. The van der Waals surface area contributed by atoms with Crippen molar-refractivity contribution < 1.29 is 14.3 Å². The van der Waals surface area contributed by atoms with Crippen LogP contribution in [0.5, 0.6) is 5.75 Å². The number of carbonyl (C=O) groups is 1. The van der Waals surface area contributed by atoms with Crippen LogP contribution in [0.2, 0.25) is 0 Å². The molecule has 2 aliphatic heterocycles. The summed E-state index contributed by atoms with van der Waals surface area (Å²) in [6, 6.07) is 6.71. The molecule has 1 amide bonds. The van der Waals surface area contributed by atoms with E-state index in [2.05, 4.69) is 15.5 Å². The van der Waals surface area contributed by atoms with Gasteiger partial charge in [-0.15, -0.1) is 0 Å². The molecule has 0 spiro atoms. The highest BCUT2D eigenvalue weighted by Crippen LogP contribution is 2.35. The Bertz CT molecular complexity index is 594. The molecule has 0 radical (unpaired) electrons. The number of amides is 1. The number of benzene rings is 1. The van der Waals surface area contributed by atoms with E-state index in [0.717, 1.165) is 25.1 Å². The summed E-state index contributed by atoms with van der Waals surface area (Å²) in [5, 5.41) is 6.10. The monoisotopic (exact) mass is 347 g/mol. The smallest absolute Gasteiger partial charge is 0.412 e. The lowest BCUT2D eigenvalue weighted by molar-refractivity contribution is -0.0329. The highest BCUT2D eigenvalue weighted by atomic mass is 16.6. The normalized spacial score (nSPS) is 26.1. The molecule has 2 unspecified atom stereocenters. The quantitative estimate of drug-likeness (QED) is 0.857. The van der Waals surface area contributed by atoms with Gasteiger partial charge in [0.05, 0.1) is 12.8 Å². The molecule has 6 heteroatoms. The van der Waals surface area contributed by atoms with Gasteiger partial charge < -0.3 is 14.8 Å². The molecule has 0 aliphatic carbocycles. The number of aryl methyl sites for hydroxylation is 1. The number of hydrogen-bond donors (Lipinski definition) is 2. The summed E-state index contributed by atoms with van der Waals surface area (Å²) in [7, 11) is 3.58. The SMILES string of the molecule is CNCN1C2CCCC1CC(OC(=O)Nc1cc(C)ccc1OC)C2. The van der Waals surface area contributed by atoms with E-state index in [0.29, 0.717) is 23.5 Å². The number of rotatable bonds is 5. The first-order valence-electron chi connectivity index (χ1n) is 9.13. The highest BCUT2D eigenvalue weighted by molar-refractivity contribution is 5.87. The molecule has 1 aromatic rings. The maximum Gasteiger partial charge on any atom is 0.412 e. The summed E-state index contributed by atoms with van der Waals surface area (Å²) in [4.78, 5) is 14.9. The molecule has 25 heavy (non-hydrogen) atoms. The molecule has 2 fully saturated rings. The van der Waals surface area contributed by atoms with Gasteiger partial charge in [-0.1, -0.05) is 12.5 Å². The van der Waals surface area contributed by atoms with Gasteiger partial charge >= 0.3 is 6.09 Å². The number of ether oxygens (including phenoxy) is 2. The van der Waals surface area contributed by atoms with Crippen molar-refractivity contribution >= 4 is 11.8 Å². The molecule has 3 rings (SSSR count). The first-order chi connectivity index (χ1) is 12.1. The third kappa shape index (κ3) is 4.25. The summed E-state index contributed by atoms with van der Waals surface area (Å²) in [5.74, 6) is 0.642. The van der Waals surface area contributed by atoms with E-state index in [9.17, 15) is 4.79 Å². The summed E-state index contributed by atoms with van der Waals surface area (Å²) in [6.07, 6.45) is 5.06. The van der Waals surface area contributed by atoms with Gasteiger partial charge in [0.1, 0.15) is 11.9 Å². The van der Waals surface area contributed by atoms with Crippen molar-refractivity contribution in [3.63, 3.8) is 0 Å². The lowest BCUT2D eigenvalue weighted by atomic mass is 9.83. The third-order valence-corrected chi connectivity index (χ3v) is 5.29. The Kier molecular flexibility index (Phi) is 5.81. The zero-order valence-corrected chi connectivity index (χ0v) is 15.4. The van der Waals surface area contributed by atoms with Gasteiger partial charge in [-0.25, -0.2) is 4.79 Å². The van der Waals surface area contributed by atoms with Crippen LogP contribution in [-0.4, -0.2) is 50.0 Å². The van der Waals surface area contributed by atoms with E-state index in [1.54, 1.807) is 7.11 Å². The minimum atomic E-state index is -0.394. The molecule has 138 valence electrons. The molecule has 2 bridgehead atoms. The Hall–Kier alpha value is -1.79. The minimum absolute atomic E-state index is 0.0146. The van der Waals surface area contributed by atoms with Gasteiger partial charge in [-0.3, -0.25) is 10.2 Å². The number of nitrogens with zero attached hydrogens (tertiary/aromatic N) is 1. The van der Waals surface area contributed by atoms with E-state index in [-0.39, 0.29) is 6.10 Å². The zero-order valence-electron chi connectivity index (χ0n) is 15.4. The molecular formula is C19H29N3O3. The van der Waals surface area contributed by atoms with Gasteiger partial charge in [-0.05, 0) is 44.5 Å². The van der Waals surface area contributed by atoms with Crippen LogP contribution in [0.1, 0.15) is 37.7 Å². The fraction of sp³-hybridized carbons (Fsp3) is 0.632. The Balaban J connectivity index is 1.60. The van der Waals surface area contributed by atoms with Crippen molar-refractivity contribution in [2.45, 2.75) is 57.2 Å². The summed E-state index contributed by atoms with van der Waals surface area (Å²) >= 11 is 0. The van der Waals surface area contributed by atoms with E-state index in [1.807, 2.05) is 32.2 Å². The number of carbonyl (C=O) groups excluding carboxylic acids is 1. The second-order valence-corrected chi connectivity index (χ2v) is 7.09. The van der Waals surface area contributed by atoms with Crippen LogP contribution in [0.4, 0.5) is 10.5 Å². The van der Waals surface area contributed by atoms with Crippen molar-refractivity contribution in [3.8, 4) is 5.75 Å².